The maximum absolute atomic E-state index is 11.6. The molecule has 0 unspecified atom stereocenters. The third-order valence-electron chi connectivity index (χ3n) is 2.06. The van der Waals surface area contributed by atoms with Crippen molar-refractivity contribution in [3.63, 3.8) is 0 Å². The van der Waals surface area contributed by atoms with Crippen LogP contribution in [0, 0.1) is 0 Å². The highest BCUT2D eigenvalue weighted by Gasteiger charge is 2.19. The van der Waals surface area contributed by atoms with Gasteiger partial charge in [-0.1, -0.05) is 19.1 Å². The van der Waals surface area contributed by atoms with Crippen molar-refractivity contribution in [3.8, 4) is 5.75 Å². The lowest BCUT2D eigenvalue weighted by molar-refractivity contribution is 0.0498. The monoisotopic (exact) mass is 222 g/mol. The van der Waals surface area contributed by atoms with Gasteiger partial charge in [-0.25, -0.2) is 4.79 Å². The van der Waals surface area contributed by atoms with Crippen molar-refractivity contribution in [2.75, 3.05) is 6.61 Å². The molecule has 0 saturated heterocycles. The number of benzene rings is 1. The fourth-order valence-corrected chi connectivity index (χ4v) is 1.31. The van der Waals surface area contributed by atoms with Gasteiger partial charge in [-0.2, -0.15) is 0 Å². The van der Waals surface area contributed by atoms with Crippen molar-refractivity contribution in [1.82, 2.24) is 0 Å². The number of Topliss-reactive ketones (excluding diaryl/α,β-unsaturated/α-hetero) is 1. The summed E-state index contributed by atoms with van der Waals surface area (Å²) in [4.78, 5) is 22.9. The molecule has 1 aromatic rings. The molecule has 0 aliphatic carbocycles. The summed E-state index contributed by atoms with van der Waals surface area (Å²) in [5, 5.41) is 9.56. The van der Waals surface area contributed by atoms with Gasteiger partial charge in [0, 0.05) is 5.56 Å². The van der Waals surface area contributed by atoms with Crippen molar-refractivity contribution in [3.05, 3.63) is 29.3 Å². The molecule has 1 rings (SSSR count). The van der Waals surface area contributed by atoms with Crippen LogP contribution in [-0.2, 0) is 4.74 Å². The van der Waals surface area contributed by atoms with Gasteiger partial charge in [0.25, 0.3) is 0 Å². The van der Waals surface area contributed by atoms with Gasteiger partial charge in [-0.05, 0) is 19.4 Å². The van der Waals surface area contributed by atoms with Crippen LogP contribution in [0.2, 0.25) is 0 Å². The molecule has 4 heteroatoms. The zero-order chi connectivity index (χ0) is 12.1. The molecule has 0 fully saturated rings. The third kappa shape index (κ3) is 2.59. The summed E-state index contributed by atoms with van der Waals surface area (Å²) in [5.74, 6) is -1.17. The number of phenols is 1. The molecule has 4 nitrogen and oxygen atoms in total. The number of hydrogen-bond acceptors (Lipinski definition) is 4. The molecule has 0 amide bonds. The Morgan fingerprint density at radius 2 is 2.06 bits per heavy atom. The zero-order valence-electron chi connectivity index (χ0n) is 9.32. The Labute approximate surface area is 93.9 Å². The Morgan fingerprint density at radius 1 is 1.38 bits per heavy atom. The molecule has 0 heterocycles. The van der Waals surface area contributed by atoms with Gasteiger partial charge < -0.3 is 9.84 Å². The number of aromatic hydroxyl groups is 1. The average molecular weight is 222 g/mol. The molecular weight excluding hydrogens is 208 g/mol. The number of hydrogen-bond donors (Lipinski definition) is 1. The van der Waals surface area contributed by atoms with Crippen molar-refractivity contribution >= 4 is 11.8 Å². The van der Waals surface area contributed by atoms with Crippen molar-refractivity contribution in [1.29, 1.82) is 0 Å². The predicted octanol–water partition coefficient (Wildman–Crippen LogP) is 2.16. The van der Waals surface area contributed by atoms with Gasteiger partial charge in [0.05, 0.1) is 6.61 Å². The Kier molecular flexibility index (Phi) is 4.05. The number of carbonyl (C=O) groups is 2. The van der Waals surface area contributed by atoms with E-state index in [1.165, 1.54) is 25.1 Å². The van der Waals surface area contributed by atoms with Crippen LogP contribution in [0.4, 0.5) is 0 Å². The van der Waals surface area contributed by atoms with E-state index in [1.54, 1.807) is 0 Å². The van der Waals surface area contributed by atoms with Crippen LogP contribution in [0.1, 0.15) is 41.0 Å². The molecule has 86 valence electrons. The maximum atomic E-state index is 11.6. The summed E-state index contributed by atoms with van der Waals surface area (Å²) >= 11 is 0. The van der Waals surface area contributed by atoms with E-state index < -0.39 is 5.97 Å². The summed E-state index contributed by atoms with van der Waals surface area (Å²) in [6.07, 6.45) is 0.689. The van der Waals surface area contributed by atoms with Crippen LogP contribution in [-0.4, -0.2) is 23.5 Å². The van der Waals surface area contributed by atoms with Gasteiger partial charge in [-0.3, -0.25) is 4.79 Å². The molecule has 0 atom stereocenters. The standard InChI is InChI=1S/C12H14O4/c1-3-7-16-12(15)11-9(8(2)13)5-4-6-10(11)14/h4-6,14H,3,7H2,1-2H3. The molecule has 16 heavy (non-hydrogen) atoms. The smallest absolute Gasteiger partial charge is 0.342 e. The number of carbonyl (C=O) groups excluding carboxylic acids is 2. The molecule has 0 radical (unpaired) electrons. The predicted molar refractivity (Wildman–Crippen MR) is 58.7 cm³/mol. The van der Waals surface area contributed by atoms with Crippen molar-refractivity contribution in [2.24, 2.45) is 0 Å². The fourth-order valence-electron chi connectivity index (χ4n) is 1.31. The minimum atomic E-state index is -0.662. The highest BCUT2D eigenvalue weighted by molar-refractivity contribution is 6.07. The summed E-state index contributed by atoms with van der Waals surface area (Å²) in [5.41, 5.74) is 0.129. The van der Waals surface area contributed by atoms with Crippen LogP contribution in [0.15, 0.2) is 18.2 Å². The summed E-state index contributed by atoms with van der Waals surface area (Å²) < 4.78 is 4.90. The first kappa shape index (κ1) is 12.2. The second-order valence-electron chi connectivity index (χ2n) is 3.39. The van der Waals surface area contributed by atoms with E-state index in [0.717, 1.165) is 0 Å². The number of esters is 1. The number of ether oxygens (including phenoxy) is 1. The molecule has 0 saturated carbocycles. The number of ketones is 1. The molecule has 0 aliphatic heterocycles. The van der Waals surface area contributed by atoms with E-state index in [2.05, 4.69) is 0 Å². The van der Waals surface area contributed by atoms with Crippen LogP contribution in [0.25, 0.3) is 0 Å². The van der Waals surface area contributed by atoms with Gasteiger partial charge in [0.2, 0.25) is 0 Å². The molecule has 0 aliphatic rings. The molecule has 0 aromatic heterocycles. The van der Waals surface area contributed by atoms with Crippen molar-refractivity contribution in [2.45, 2.75) is 20.3 Å². The molecule has 1 aromatic carbocycles. The molecule has 1 N–H and O–H groups in total. The summed E-state index contributed by atoms with van der Waals surface area (Å²) in [6, 6.07) is 4.36. The van der Waals surface area contributed by atoms with E-state index >= 15 is 0 Å². The highest BCUT2D eigenvalue weighted by Crippen LogP contribution is 2.22. The Morgan fingerprint density at radius 3 is 2.62 bits per heavy atom. The third-order valence-corrected chi connectivity index (χ3v) is 2.06. The molecule has 0 bridgehead atoms. The van der Waals surface area contributed by atoms with Crippen LogP contribution < -0.4 is 0 Å². The lowest BCUT2D eigenvalue weighted by Crippen LogP contribution is -2.11. The van der Waals surface area contributed by atoms with E-state index in [9.17, 15) is 14.7 Å². The summed E-state index contributed by atoms with van der Waals surface area (Å²) in [6.45, 7) is 3.47. The second kappa shape index (κ2) is 5.30. The SMILES string of the molecule is CCCOC(=O)c1c(O)cccc1C(C)=O. The van der Waals surface area contributed by atoms with Gasteiger partial charge in [-0.15, -0.1) is 0 Å². The minimum Gasteiger partial charge on any atom is -0.507 e. The minimum absolute atomic E-state index is 0.0524. The lowest BCUT2D eigenvalue weighted by Gasteiger charge is -2.08. The van der Waals surface area contributed by atoms with Gasteiger partial charge >= 0.3 is 5.97 Å². The number of phenolic OH excluding ortho intramolecular Hbond substituents is 1. The van der Waals surface area contributed by atoms with Crippen LogP contribution >= 0.6 is 0 Å². The largest absolute Gasteiger partial charge is 0.507 e. The quantitative estimate of drug-likeness (QED) is 0.626. The zero-order valence-corrected chi connectivity index (χ0v) is 9.32. The first-order valence-corrected chi connectivity index (χ1v) is 5.08. The fraction of sp³-hybridized carbons (Fsp3) is 0.333. The summed E-state index contributed by atoms with van der Waals surface area (Å²) in [7, 11) is 0. The van der Waals surface area contributed by atoms with E-state index in [0.29, 0.717) is 6.42 Å². The highest BCUT2D eigenvalue weighted by atomic mass is 16.5. The van der Waals surface area contributed by atoms with E-state index in [4.69, 9.17) is 4.74 Å². The van der Waals surface area contributed by atoms with Crippen LogP contribution in [0.3, 0.4) is 0 Å². The Bertz CT molecular complexity index is 409. The second-order valence-corrected chi connectivity index (χ2v) is 3.39. The maximum Gasteiger partial charge on any atom is 0.342 e. The van der Waals surface area contributed by atoms with E-state index in [1.807, 2.05) is 6.92 Å². The van der Waals surface area contributed by atoms with Gasteiger partial charge in [0.1, 0.15) is 11.3 Å². The first-order valence-electron chi connectivity index (χ1n) is 5.08. The molecule has 0 spiro atoms. The van der Waals surface area contributed by atoms with E-state index in [-0.39, 0.29) is 29.3 Å². The molecular formula is C12H14O4. The topological polar surface area (TPSA) is 63.6 Å². The van der Waals surface area contributed by atoms with Crippen LogP contribution in [0.5, 0.6) is 5.75 Å². The average Bonchev–Trinajstić information content (AvgIpc) is 2.25. The lowest BCUT2D eigenvalue weighted by atomic mass is 10.0. The van der Waals surface area contributed by atoms with Crippen molar-refractivity contribution < 1.29 is 19.4 Å². The first-order chi connectivity index (χ1) is 7.57. The Balaban J connectivity index is 3.10. The number of rotatable bonds is 4. The van der Waals surface area contributed by atoms with Gasteiger partial charge in [0.15, 0.2) is 5.78 Å². The Hall–Kier alpha value is -1.84. The normalized spacial score (nSPS) is 9.88.